The Hall–Kier alpha value is -2.00. The highest BCUT2D eigenvalue weighted by Gasteiger charge is 2.47. The topological polar surface area (TPSA) is 49.7 Å². The van der Waals surface area contributed by atoms with E-state index in [1.165, 1.54) is 0 Å². The van der Waals surface area contributed by atoms with E-state index in [4.69, 9.17) is 0 Å². The predicted molar refractivity (Wildman–Crippen MR) is 75.6 cm³/mol. The fourth-order valence-corrected chi connectivity index (χ4v) is 2.23. The third-order valence-electron chi connectivity index (χ3n) is 3.80. The quantitative estimate of drug-likeness (QED) is 0.849. The van der Waals surface area contributed by atoms with Crippen LogP contribution in [0, 0.1) is 4.91 Å². The van der Waals surface area contributed by atoms with E-state index in [1.54, 1.807) is 38.1 Å². The Morgan fingerprint density at radius 2 is 1.26 bits per heavy atom. The van der Waals surface area contributed by atoms with Crippen LogP contribution in [0.25, 0.3) is 0 Å². The van der Waals surface area contributed by atoms with Crippen LogP contribution in [0.15, 0.2) is 65.8 Å². The molecule has 0 spiro atoms. The lowest BCUT2D eigenvalue weighted by Gasteiger charge is -2.37. The van der Waals surface area contributed by atoms with Crippen LogP contribution in [0.3, 0.4) is 0 Å². The van der Waals surface area contributed by atoms with Gasteiger partial charge in [-0.2, -0.15) is 0 Å². The molecule has 3 heteroatoms. The Morgan fingerprint density at radius 3 is 1.68 bits per heavy atom. The van der Waals surface area contributed by atoms with Crippen molar-refractivity contribution in [2.24, 2.45) is 5.18 Å². The smallest absolute Gasteiger partial charge is 0.157 e. The van der Waals surface area contributed by atoms with E-state index in [1.807, 2.05) is 36.4 Å². The first-order chi connectivity index (χ1) is 9.02. The van der Waals surface area contributed by atoms with Gasteiger partial charge < -0.3 is 5.11 Å². The van der Waals surface area contributed by atoms with Crippen LogP contribution in [0.1, 0.15) is 25.0 Å². The molecule has 0 amide bonds. The Labute approximate surface area is 112 Å². The molecule has 0 saturated carbocycles. The maximum absolute atomic E-state index is 11.4. The van der Waals surface area contributed by atoms with Crippen molar-refractivity contribution in [1.82, 2.24) is 0 Å². The molecule has 2 aromatic rings. The molecule has 0 heterocycles. The number of aliphatic hydroxyl groups is 1. The molecule has 0 aliphatic carbocycles. The van der Waals surface area contributed by atoms with Crippen LogP contribution in [0.4, 0.5) is 0 Å². The first-order valence-electron chi connectivity index (χ1n) is 6.20. The highest BCUT2D eigenvalue weighted by Crippen LogP contribution is 2.43. The summed E-state index contributed by atoms with van der Waals surface area (Å²) in [6.07, 6.45) is 0. The minimum atomic E-state index is -1.38. The Kier molecular flexibility index (Phi) is 3.49. The summed E-state index contributed by atoms with van der Waals surface area (Å²) in [5.41, 5.74) is -1.26. The molecule has 2 atom stereocenters. The third kappa shape index (κ3) is 2.17. The van der Waals surface area contributed by atoms with Crippen LogP contribution < -0.4 is 0 Å². The summed E-state index contributed by atoms with van der Waals surface area (Å²) in [4.78, 5) is 11.4. The molecule has 3 nitrogen and oxygen atoms in total. The van der Waals surface area contributed by atoms with Crippen LogP contribution >= 0.6 is 0 Å². The normalized spacial score (nSPS) is 17.2. The number of benzene rings is 2. The van der Waals surface area contributed by atoms with Gasteiger partial charge in [0.25, 0.3) is 0 Å². The third-order valence-corrected chi connectivity index (χ3v) is 3.80. The van der Waals surface area contributed by atoms with E-state index >= 15 is 0 Å². The molecule has 0 fully saturated rings. The first-order valence-corrected chi connectivity index (χ1v) is 6.20. The first kappa shape index (κ1) is 13.4. The maximum Gasteiger partial charge on any atom is 0.157 e. The van der Waals surface area contributed by atoms with Crippen molar-refractivity contribution in [3.8, 4) is 0 Å². The van der Waals surface area contributed by atoms with Crippen molar-refractivity contribution >= 4 is 0 Å². The number of nitrogens with zero attached hydrogens (tertiary/aromatic N) is 1. The molecule has 0 saturated heterocycles. The average Bonchev–Trinajstić information content (AvgIpc) is 2.48. The van der Waals surface area contributed by atoms with Gasteiger partial charge in [-0.05, 0) is 25.0 Å². The molecule has 1 N–H and O–H groups in total. The summed E-state index contributed by atoms with van der Waals surface area (Å²) in [6.45, 7) is 3.28. The minimum Gasteiger partial charge on any atom is -0.382 e. The Morgan fingerprint density at radius 1 is 0.842 bits per heavy atom. The van der Waals surface area contributed by atoms with E-state index in [0.29, 0.717) is 11.1 Å². The number of nitroso groups, excluding NO2 is 1. The Bertz CT molecular complexity index is 551. The standard InChI is InChI=1S/C16H17NO2/c1-15(17-19,13-9-5-3-6-10-13)16(2,18)14-11-7-4-8-12-14/h3-12,18H,1-2H3. The fourth-order valence-electron chi connectivity index (χ4n) is 2.23. The van der Waals surface area contributed by atoms with E-state index in [9.17, 15) is 10.0 Å². The maximum atomic E-state index is 11.4. The van der Waals surface area contributed by atoms with Gasteiger partial charge in [0.15, 0.2) is 5.54 Å². The molecule has 98 valence electrons. The van der Waals surface area contributed by atoms with E-state index < -0.39 is 11.1 Å². The van der Waals surface area contributed by atoms with Gasteiger partial charge in [-0.25, -0.2) is 0 Å². The molecule has 0 aliphatic heterocycles. The van der Waals surface area contributed by atoms with E-state index in [0.717, 1.165) is 0 Å². The second kappa shape index (κ2) is 4.94. The second-order valence-corrected chi connectivity index (χ2v) is 4.97. The second-order valence-electron chi connectivity index (χ2n) is 4.97. The lowest BCUT2D eigenvalue weighted by Crippen LogP contribution is -2.43. The zero-order valence-corrected chi connectivity index (χ0v) is 11.1. The van der Waals surface area contributed by atoms with Gasteiger partial charge in [0.1, 0.15) is 5.60 Å². The summed E-state index contributed by atoms with van der Waals surface area (Å²) >= 11 is 0. The summed E-state index contributed by atoms with van der Waals surface area (Å²) in [7, 11) is 0. The lowest BCUT2D eigenvalue weighted by molar-refractivity contribution is -0.0190. The molecule has 0 aliphatic rings. The van der Waals surface area contributed by atoms with Gasteiger partial charge in [0.2, 0.25) is 0 Å². The van der Waals surface area contributed by atoms with Crippen molar-refractivity contribution < 1.29 is 5.11 Å². The van der Waals surface area contributed by atoms with Crippen molar-refractivity contribution in [3.63, 3.8) is 0 Å². The zero-order chi connectivity index (χ0) is 13.9. The molecule has 19 heavy (non-hydrogen) atoms. The van der Waals surface area contributed by atoms with Crippen molar-refractivity contribution in [2.75, 3.05) is 0 Å². The molecule has 2 rings (SSSR count). The van der Waals surface area contributed by atoms with Crippen molar-refractivity contribution in [3.05, 3.63) is 76.7 Å². The molecular formula is C16H17NO2. The van der Waals surface area contributed by atoms with Gasteiger partial charge in [0.05, 0.1) is 0 Å². The number of hydrogen-bond acceptors (Lipinski definition) is 3. The molecule has 2 aromatic carbocycles. The molecule has 0 bridgehead atoms. The SMILES string of the molecule is CC(O)(c1ccccc1)C(C)(N=O)c1ccccc1. The van der Waals surface area contributed by atoms with E-state index in [2.05, 4.69) is 5.18 Å². The lowest BCUT2D eigenvalue weighted by atomic mass is 9.74. The zero-order valence-electron chi connectivity index (χ0n) is 11.1. The van der Waals surface area contributed by atoms with Gasteiger partial charge in [-0.1, -0.05) is 65.8 Å². The molecule has 0 radical (unpaired) electrons. The van der Waals surface area contributed by atoms with Crippen molar-refractivity contribution in [1.29, 1.82) is 0 Å². The Balaban J connectivity index is 2.55. The molecule has 2 unspecified atom stereocenters. The predicted octanol–water partition coefficient (Wildman–Crippen LogP) is 3.58. The highest BCUT2D eigenvalue weighted by molar-refractivity contribution is 5.34. The number of rotatable bonds is 4. The average molecular weight is 255 g/mol. The van der Waals surface area contributed by atoms with Crippen LogP contribution in [0.2, 0.25) is 0 Å². The summed E-state index contributed by atoms with van der Waals surface area (Å²) < 4.78 is 0. The fraction of sp³-hybridized carbons (Fsp3) is 0.250. The monoisotopic (exact) mass is 255 g/mol. The van der Waals surface area contributed by atoms with Gasteiger partial charge in [-0.15, -0.1) is 4.91 Å². The van der Waals surface area contributed by atoms with Crippen LogP contribution in [-0.2, 0) is 11.1 Å². The highest BCUT2D eigenvalue weighted by atomic mass is 16.3. The summed E-state index contributed by atoms with van der Waals surface area (Å²) in [6, 6.07) is 18.3. The summed E-state index contributed by atoms with van der Waals surface area (Å²) in [5.74, 6) is 0. The van der Waals surface area contributed by atoms with Gasteiger partial charge in [-0.3, -0.25) is 0 Å². The van der Waals surface area contributed by atoms with Crippen LogP contribution in [0.5, 0.6) is 0 Å². The van der Waals surface area contributed by atoms with Gasteiger partial charge >= 0.3 is 0 Å². The molecule has 0 aromatic heterocycles. The van der Waals surface area contributed by atoms with Gasteiger partial charge in [0, 0.05) is 0 Å². The minimum absolute atomic E-state index is 0.668. The largest absolute Gasteiger partial charge is 0.382 e. The molecular weight excluding hydrogens is 238 g/mol. The summed E-state index contributed by atoms with van der Waals surface area (Å²) in [5, 5.41) is 14.1. The van der Waals surface area contributed by atoms with Crippen molar-refractivity contribution in [2.45, 2.75) is 25.0 Å². The number of hydrogen-bond donors (Lipinski definition) is 1. The van der Waals surface area contributed by atoms with Crippen LogP contribution in [-0.4, -0.2) is 5.11 Å². The van der Waals surface area contributed by atoms with E-state index in [-0.39, 0.29) is 0 Å².